The standard InChI is InChI=1S/C13H23IO3/c1-9(2)11-5-7-13(4,8-6-11)17-12(15)16-10(3)14/h9-11H,5-8H2,1-4H3. The van der Waals surface area contributed by atoms with Gasteiger partial charge in [-0.05, 0) is 74.0 Å². The van der Waals surface area contributed by atoms with Gasteiger partial charge in [-0.1, -0.05) is 13.8 Å². The Kier molecular flexibility index (Phi) is 5.54. The van der Waals surface area contributed by atoms with Crippen molar-refractivity contribution in [2.75, 3.05) is 0 Å². The van der Waals surface area contributed by atoms with E-state index in [1.807, 2.05) is 36.4 Å². The number of alkyl halides is 1. The third-order valence-corrected chi connectivity index (χ3v) is 3.87. The summed E-state index contributed by atoms with van der Waals surface area (Å²) in [6.07, 6.45) is 3.64. The molecule has 17 heavy (non-hydrogen) atoms. The Morgan fingerprint density at radius 1 is 1.29 bits per heavy atom. The van der Waals surface area contributed by atoms with E-state index in [-0.39, 0.29) is 9.71 Å². The molecule has 100 valence electrons. The number of hydrogen-bond donors (Lipinski definition) is 0. The van der Waals surface area contributed by atoms with Crippen LogP contribution >= 0.6 is 22.6 Å². The van der Waals surface area contributed by atoms with E-state index < -0.39 is 6.16 Å². The molecule has 0 aromatic heterocycles. The third-order valence-electron chi connectivity index (χ3n) is 3.62. The molecule has 0 bridgehead atoms. The second-order valence-corrected chi connectivity index (χ2v) is 7.30. The highest BCUT2D eigenvalue weighted by molar-refractivity contribution is 14.1. The Labute approximate surface area is 118 Å². The van der Waals surface area contributed by atoms with E-state index in [0.717, 1.165) is 37.5 Å². The van der Waals surface area contributed by atoms with Crippen molar-refractivity contribution >= 4 is 28.7 Å². The van der Waals surface area contributed by atoms with Crippen molar-refractivity contribution < 1.29 is 14.3 Å². The van der Waals surface area contributed by atoms with Crippen LogP contribution in [0.4, 0.5) is 4.79 Å². The molecule has 0 radical (unpaired) electrons. The van der Waals surface area contributed by atoms with E-state index in [1.54, 1.807) is 0 Å². The van der Waals surface area contributed by atoms with E-state index in [1.165, 1.54) is 0 Å². The molecule has 1 fully saturated rings. The second-order valence-electron chi connectivity index (χ2n) is 5.54. The zero-order chi connectivity index (χ0) is 13.1. The monoisotopic (exact) mass is 354 g/mol. The van der Waals surface area contributed by atoms with E-state index in [4.69, 9.17) is 9.47 Å². The third kappa shape index (κ3) is 5.02. The minimum atomic E-state index is -0.530. The quantitative estimate of drug-likeness (QED) is 0.425. The summed E-state index contributed by atoms with van der Waals surface area (Å²) in [6, 6.07) is 0. The average molecular weight is 354 g/mol. The summed E-state index contributed by atoms with van der Waals surface area (Å²) in [7, 11) is 0. The van der Waals surface area contributed by atoms with Crippen LogP contribution in [0.5, 0.6) is 0 Å². The highest BCUT2D eigenvalue weighted by atomic mass is 127. The van der Waals surface area contributed by atoms with Crippen molar-refractivity contribution in [1.29, 1.82) is 0 Å². The first kappa shape index (κ1) is 15.1. The molecule has 0 heterocycles. The topological polar surface area (TPSA) is 35.5 Å². The van der Waals surface area contributed by atoms with Gasteiger partial charge in [0, 0.05) is 0 Å². The molecular formula is C13H23IO3. The Bertz CT molecular complexity index is 255. The molecular weight excluding hydrogens is 331 g/mol. The Morgan fingerprint density at radius 2 is 1.82 bits per heavy atom. The van der Waals surface area contributed by atoms with Gasteiger partial charge in [-0.2, -0.15) is 0 Å². The Balaban J connectivity index is 2.41. The van der Waals surface area contributed by atoms with Crippen molar-refractivity contribution in [3.05, 3.63) is 0 Å². The number of halogens is 1. The normalized spacial score (nSPS) is 31.1. The van der Waals surface area contributed by atoms with Gasteiger partial charge in [0.25, 0.3) is 0 Å². The maximum absolute atomic E-state index is 11.5. The van der Waals surface area contributed by atoms with Gasteiger partial charge in [0.2, 0.25) is 0 Å². The van der Waals surface area contributed by atoms with Gasteiger partial charge in [-0.25, -0.2) is 4.79 Å². The van der Waals surface area contributed by atoms with Crippen molar-refractivity contribution in [2.45, 2.75) is 63.1 Å². The second kappa shape index (κ2) is 6.25. The fourth-order valence-corrected chi connectivity index (χ4v) is 2.58. The van der Waals surface area contributed by atoms with Gasteiger partial charge in [0.1, 0.15) is 5.60 Å². The van der Waals surface area contributed by atoms with E-state index in [2.05, 4.69) is 13.8 Å². The molecule has 0 N–H and O–H groups in total. The summed E-state index contributed by atoms with van der Waals surface area (Å²) < 4.78 is 10.3. The van der Waals surface area contributed by atoms with E-state index in [0.29, 0.717) is 0 Å². The van der Waals surface area contributed by atoms with Gasteiger partial charge < -0.3 is 9.47 Å². The Hall–Kier alpha value is 0. The van der Waals surface area contributed by atoms with Crippen LogP contribution < -0.4 is 0 Å². The zero-order valence-electron chi connectivity index (χ0n) is 11.2. The van der Waals surface area contributed by atoms with Gasteiger partial charge >= 0.3 is 6.16 Å². The average Bonchev–Trinajstić information content (AvgIpc) is 2.15. The lowest BCUT2D eigenvalue weighted by Crippen LogP contribution is -2.37. The van der Waals surface area contributed by atoms with Crippen LogP contribution in [0.15, 0.2) is 0 Å². The maximum atomic E-state index is 11.5. The first-order valence-electron chi connectivity index (χ1n) is 6.36. The number of carbonyl (C=O) groups excluding carboxylic acids is 1. The molecule has 4 heteroatoms. The fraction of sp³-hybridized carbons (Fsp3) is 0.923. The first-order chi connectivity index (χ1) is 7.82. The fourth-order valence-electron chi connectivity index (χ4n) is 2.38. The minimum Gasteiger partial charge on any atom is -0.428 e. The van der Waals surface area contributed by atoms with Crippen LogP contribution in [0, 0.1) is 11.8 Å². The largest absolute Gasteiger partial charge is 0.509 e. The van der Waals surface area contributed by atoms with Crippen molar-refractivity contribution in [2.24, 2.45) is 11.8 Å². The van der Waals surface area contributed by atoms with Crippen LogP contribution in [0.1, 0.15) is 53.4 Å². The summed E-state index contributed by atoms with van der Waals surface area (Å²) in [5.41, 5.74) is -0.325. The molecule has 3 nitrogen and oxygen atoms in total. The molecule has 1 saturated carbocycles. The highest BCUT2D eigenvalue weighted by Crippen LogP contribution is 2.38. The molecule has 1 atom stereocenters. The summed E-state index contributed by atoms with van der Waals surface area (Å²) in [5.74, 6) is 1.49. The number of rotatable bonds is 3. The molecule has 1 aliphatic rings. The van der Waals surface area contributed by atoms with E-state index in [9.17, 15) is 4.79 Å². The number of ether oxygens (including phenoxy) is 2. The zero-order valence-corrected chi connectivity index (χ0v) is 13.3. The molecule has 1 aliphatic carbocycles. The predicted molar refractivity (Wildman–Crippen MR) is 76.2 cm³/mol. The lowest BCUT2D eigenvalue weighted by Gasteiger charge is -2.37. The van der Waals surface area contributed by atoms with E-state index >= 15 is 0 Å². The lowest BCUT2D eigenvalue weighted by molar-refractivity contribution is -0.0539. The highest BCUT2D eigenvalue weighted by Gasteiger charge is 2.35. The predicted octanol–water partition coefficient (Wildman–Crippen LogP) is 4.53. The van der Waals surface area contributed by atoms with Crippen LogP contribution in [-0.4, -0.2) is 15.9 Å². The molecule has 0 spiro atoms. The van der Waals surface area contributed by atoms with Gasteiger partial charge in [0.05, 0.1) is 0 Å². The van der Waals surface area contributed by atoms with Crippen LogP contribution in [0.3, 0.4) is 0 Å². The van der Waals surface area contributed by atoms with Gasteiger partial charge in [-0.15, -0.1) is 0 Å². The molecule has 1 unspecified atom stereocenters. The maximum Gasteiger partial charge on any atom is 0.509 e. The summed E-state index contributed by atoms with van der Waals surface area (Å²) in [6.45, 7) is 8.36. The van der Waals surface area contributed by atoms with Gasteiger partial charge in [-0.3, -0.25) is 0 Å². The van der Waals surface area contributed by atoms with Crippen LogP contribution in [0.25, 0.3) is 0 Å². The minimum absolute atomic E-state index is 0.143. The molecule has 0 saturated heterocycles. The smallest absolute Gasteiger partial charge is 0.428 e. The molecule has 1 rings (SSSR count). The van der Waals surface area contributed by atoms with Crippen LogP contribution in [-0.2, 0) is 9.47 Å². The summed E-state index contributed by atoms with van der Waals surface area (Å²) in [4.78, 5) is 11.5. The first-order valence-corrected chi connectivity index (χ1v) is 7.61. The molecule has 0 aromatic carbocycles. The number of carbonyl (C=O) groups is 1. The molecule has 0 aromatic rings. The van der Waals surface area contributed by atoms with Gasteiger partial charge in [0.15, 0.2) is 4.11 Å². The van der Waals surface area contributed by atoms with Crippen molar-refractivity contribution in [3.8, 4) is 0 Å². The molecule has 0 aliphatic heterocycles. The molecule has 0 amide bonds. The van der Waals surface area contributed by atoms with Crippen LogP contribution in [0.2, 0.25) is 0 Å². The Morgan fingerprint density at radius 3 is 2.24 bits per heavy atom. The van der Waals surface area contributed by atoms with Crippen molar-refractivity contribution in [3.63, 3.8) is 0 Å². The lowest BCUT2D eigenvalue weighted by atomic mass is 9.75. The summed E-state index contributed by atoms with van der Waals surface area (Å²) in [5, 5.41) is 0. The summed E-state index contributed by atoms with van der Waals surface area (Å²) >= 11 is 2.05. The van der Waals surface area contributed by atoms with Crippen molar-refractivity contribution in [1.82, 2.24) is 0 Å². The SMILES string of the molecule is CC(I)OC(=O)OC1(C)CCC(C(C)C)CC1. The number of hydrogen-bond acceptors (Lipinski definition) is 3.